The minimum absolute atomic E-state index is 0.0272. The molecular weight excluding hydrogens is 480 g/mol. The highest BCUT2D eigenvalue weighted by atomic mass is 35.5. The fourth-order valence-corrected chi connectivity index (χ4v) is 4.55. The van der Waals surface area contributed by atoms with Gasteiger partial charge in [-0.2, -0.15) is 0 Å². The molecule has 4 aromatic rings. The molecule has 0 atom stereocenters. The summed E-state index contributed by atoms with van der Waals surface area (Å²) in [7, 11) is -2.55. The van der Waals surface area contributed by atoms with Crippen molar-refractivity contribution in [3.05, 3.63) is 83.5 Å². The second-order valence-electron chi connectivity index (χ2n) is 7.23. The molecule has 0 aliphatic rings. The number of aliphatic carboxylic acids is 1. The highest BCUT2D eigenvalue weighted by molar-refractivity contribution is 7.92. The summed E-state index contributed by atoms with van der Waals surface area (Å²) in [6.07, 6.45) is 1.43. The van der Waals surface area contributed by atoms with E-state index in [-0.39, 0.29) is 28.5 Å². The minimum Gasteiger partial charge on any atom is -0.493 e. The zero-order chi connectivity index (χ0) is 24.3. The lowest BCUT2D eigenvalue weighted by Crippen LogP contribution is -2.14. The number of benzene rings is 3. The standard InChI is InChI=1S/C24H19ClN2O6S/c1-32-22-13-15(14-23(28)29)4-10-20(22)33-21-11-9-19-18(3-2-12-26-19)24(21)27-34(30,31)17-7-5-16(25)6-8-17/h2-13,27H,14H2,1H3,(H,28,29). The van der Waals surface area contributed by atoms with E-state index in [2.05, 4.69) is 9.71 Å². The fourth-order valence-electron chi connectivity index (χ4n) is 3.33. The monoisotopic (exact) mass is 498 g/mol. The number of sulfonamides is 1. The fraction of sp³-hybridized carbons (Fsp3) is 0.0833. The molecule has 3 aromatic carbocycles. The number of aromatic nitrogens is 1. The predicted octanol–water partition coefficient (Wildman–Crippen LogP) is 5.12. The normalized spacial score (nSPS) is 11.2. The summed E-state index contributed by atoms with van der Waals surface area (Å²) in [6.45, 7) is 0. The second kappa shape index (κ2) is 9.58. The van der Waals surface area contributed by atoms with E-state index in [1.54, 1.807) is 48.7 Å². The molecular formula is C24H19ClN2O6S. The van der Waals surface area contributed by atoms with Gasteiger partial charge in [-0.1, -0.05) is 17.7 Å². The first kappa shape index (κ1) is 23.3. The molecule has 1 heterocycles. The summed E-state index contributed by atoms with van der Waals surface area (Å²) in [6, 6.07) is 17.2. The molecule has 34 heavy (non-hydrogen) atoms. The topological polar surface area (TPSA) is 115 Å². The van der Waals surface area contributed by atoms with Crippen LogP contribution in [0.3, 0.4) is 0 Å². The van der Waals surface area contributed by atoms with E-state index >= 15 is 0 Å². The highest BCUT2D eigenvalue weighted by Gasteiger charge is 2.20. The highest BCUT2D eigenvalue weighted by Crippen LogP contribution is 2.40. The Hall–Kier alpha value is -3.82. The molecule has 0 aliphatic carbocycles. The predicted molar refractivity (Wildman–Crippen MR) is 128 cm³/mol. The van der Waals surface area contributed by atoms with E-state index in [1.807, 2.05) is 0 Å². The lowest BCUT2D eigenvalue weighted by atomic mass is 10.1. The van der Waals surface area contributed by atoms with Crippen LogP contribution in [0.25, 0.3) is 10.9 Å². The molecule has 0 radical (unpaired) electrons. The number of hydrogen-bond donors (Lipinski definition) is 2. The molecule has 10 heteroatoms. The van der Waals surface area contributed by atoms with Crippen LogP contribution in [-0.4, -0.2) is 31.6 Å². The maximum absolute atomic E-state index is 13.1. The van der Waals surface area contributed by atoms with Crippen LogP contribution in [0.4, 0.5) is 5.69 Å². The average molecular weight is 499 g/mol. The van der Waals surface area contributed by atoms with Gasteiger partial charge in [0.05, 0.1) is 23.9 Å². The van der Waals surface area contributed by atoms with Gasteiger partial charge in [0, 0.05) is 16.6 Å². The number of ether oxygens (including phenoxy) is 2. The van der Waals surface area contributed by atoms with Crippen LogP contribution in [0.5, 0.6) is 17.2 Å². The Labute approximate surface area is 200 Å². The quantitative estimate of drug-likeness (QED) is 0.346. The van der Waals surface area contributed by atoms with Gasteiger partial charge in [0.25, 0.3) is 10.0 Å². The van der Waals surface area contributed by atoms with Crippen LogP contribution in [0, 0.1) is 0 Å². The van der Waals surface area contributed by atoms with Crippen LogP contribution >= 0.6 is 11.6 Å². The SMILES string of the molecule is COc1cc(CC(=O)O)ccc1Oc1ccc2ncccc2c1NS(=O)(=O)c1ccc(Cl)cc1. The summed E-state index contributed by atoms with van der Waals surface area (Å²) in [5.41, 5.74) is 1.28. The molecule has 0 fully saturated rings. The van der Waals surface area contributed by atoms with Crippen molar-refractivity contribution in [1.82, 2.24) is 4.98 Å². The van der Waals surface area contributed by atoms with Crippen molar-refractivity contribution in [2.24, 2.45) is 0 Å². The zero-order valence-electron chi connectivity index (χ0n) is 17.9. The number of pyridine rings is 1. The van der Waals surface area contributed by atoms with E-state index < -0.39 is 16.0 Å². The van der Waals surface area contributed by atoms with Crippen molar-refractivity contribution in [3.63, 3.8) is 0 Å². The molecule has 0 amide bonds. The van der Waals surface area contributed by atoms with Crippen LogP contribution in [0.2, 0.25) is 5.02 Å². The van der Waals surface area contributed by atoms with Gasteiger partial charge in [-0.3, -0.25) is 14.5 Å². The van der Waals surface area contributed by atoms with Crippen molar-refractivity contribution < 1.29 is 27.8 Å². The Morgan fingerprint density at radius 3 is 2.47 bits per heavy atom. The van der Waals surface area contributed by atoms with Gasteiger partial charge < -0.3 is 14.6 Å². The third kappa shape index (κ3) is 5.05. The number of hydrogen-bond acceptors (Lipinski definition) is 6. The first-order valence-corrected chi connectivity index (χ1v) is 11.9. The van der Waals surface area contributed by atoms with Crippen molar-refractivity contribution in [3.8, 4) is 17.2 Å². The van der Waals surface area contributed by atoms with Gasteiger partial charge in [0.2, 0.25) is 0 Å². The Balaban J connectivity index is 1.78. The van der Waals surface area contributed by atoms with Crippen molar-refractivity contribution in [2.45, 2.75) is 11.3 Å². The van der Waals surface area contributed by atoms with E-state index in [4.69, 9.17) is 26.2 Å². The number of nitrogens with one attached hydrogen (secondary N) is 1. The summed E-state index contributed by atoms with van der Waals surface area (Å²) in [5.74, 6) is -0.178. The zero-order valence-corrected chi connectivity index (χ0v) is 19.4. The van der Waals surface area contributed by atoms with Crippen LogP contribution in [0.1, 0.15) is 5.56 Å². The van der Waals surface area contributed by atoms with E-state index in [1.165, 1.54) is 31.4 Å². The van der Waals surface area contributed by atoms with Gasteiger partial charge in [-0.05, 0) is 66.2 Å². The lowest BCUT2D eigenvalue weighted by Gasteiger charge is -2.17. The van der Waals surface area contributed by atoms with Gasteiger partial charge in [0.1, 0.15) is 5.69 Å². The summed E-state index contributed by atoms with van der Waals surface area (Å²) in [5, 5.41) is 9.98. The summed E-state index contributed by atoms with van der Waals surface area (Å²) >= 11 is 5.90. The second-order valence-corrected chi connectivity index (χ2v) is 9.34. The number of fused-ring (bicyclic) bond motifs is 1. The molecule has 0 saturated heterocycles. The molecule has 1 aromatic heterocycles. The molecule has 2 N–H and O–H groups in total. The van der Waals surface area contributed by atoms with Crippen LogP contribution in [0.15, 0.2) is 77.8 Å². The number of rotatable bonds is 8. The maximum atomic E-state index is 13.1. The Morgan fingerprint density at radius 1 is 1.03 bits per heavy atom. The first-order valence-electron chi connectivity index (χ1n) is 9.99. The number of carbonyl (C=O) groups is 1. The van der Waals surface area contributed by atoms with Gasteiger partial charge in [-0.15, -0.1) is 0 Å². The van der Waals surface area contributed by atoms with Gasteiger partial charge in [0.15, 0.2) is 17.2 Å². The number of nitrogens with zero attached hydrogens (tertiary/aromatic N) is 1. The number of carboxylic acids is 1. The Morgan fingerprint density at radius 2 is 1.76 bits per heavy atom. The van der Waals surface area contributed by atoms with Crippen molar-refractivity contribution >= 4 is 44.2 Å². The average Bonchev–Trinajstić information content (AvgIpc) is 2.81. The minimum atomic E-state index is -3.99. The molecule has 4 rings (SSSR count). The van der Waals surface area contributed by atoms with Crippen LogP contribution < -0.4 is 14.2 Å². The summed E-state index contributed by atoms with van der Waals surface area (Å²) in [4.78, 5) is 15.3. The van der Waals surface area contributed by atoms with Crippen LogP contribution in [-0.2, 0) is 21.2 Å². The van der Waals surface area contributed by atoms with Gasteiger partial charge in [-0.25, -0.2) is 8.42 Å². The Bertz CT molecular complexity index is 1470. The van der Waals surface area contributed by atoms with Gasteiger partial charge >= 0.3 is 5.97 Å². The molecule has 0 saturated carbocycles. The number of carboxylic acid groups (broad SMARTS) is 1. The maximum Gasteiger partial charge on any atom is 0.307 e. The molecule has 0 bridgehead atoms. The summed E-state index contributed by atoms with van der Waals surface area (Å²) < 4.78 is 40.3. The molecule has 0 unspecified atom stereocenters. The molecule has 8 nitrogen and oxygen atoms in total. The van der Waals surface area contributed by atoms with E-state index in [9.17, 15) is 13.2 Å². The molecule has 0 aliphatic heterocycles. The van der Waals surface area contributed by atoms with Crippen molar-refractivity contribution in [2.75, 3.05) is 11.8 Å². The van der Waals surface area contributed by atoms with E-state index in [0.29, 0.717) is 27.2 Å². The van der Waals surface area contributed by atoms with Crippen molar-refractivity contribution in [1.29, 1.82) is 0 Å². The number of halogens is 1. The lowest BCUT2D eigenvalue weighted by molar-refractivity contribution is -0.136. The number of anilines is 1. The molecule has 174 valence electrons. The largest absolute Gasteiger partial charge is 0.493 e. The smallest absolute Gasteiger partial charge is 0.307 e. The third-order valence-electron chi connectivity index (χ3n) is 4.91. The molecule has 0 spiro atoms. The first-order chi connectivity index (χ1) is 16.3. The van der Waals surface area contributed by atoms with E-state index in [0.717, 1.165) is 0 Å². The Kier molecular flexibility index (Phi) is 6.58. The third-order valence-corrected chi connectivity index (χ3v) is 6.53. The number of methoxy groups -OCH3 is 1.